The Morgan fingerprint density at radius 1 is 1.06 bits per heavy atom. The van der Waals surface area contributed by atoms with E-state index < -0.39 is 28.5 Å². The Kier molecular flexibility index (Phi) is 9.49. The lowest BCUT2D eigenvalue weighted by molar-refractivity contribution is -0.139. The number of rotatable bonds is 11. The molecule has 0 saturated heterocycles. The van der Waals surface area contributed by atoms with Gasteiger partial charge in [0.2, 0.25) is 21.8 Å². The molecule has 0 fully saturated rings. The SMILES string of the molecule is CC[C@H](C)NC(=O)[C@H](C)N(Cc1ccc(OC)cc1)C(=O)CN(c1ccccc1C)S(C)(=O)=O. The molecule has 2 aromatic carbocycles. The molecule has 2 aromatic rings. The summed E-state index contributed by atoms with van der Waals surface area (Å²) in [6, 6.07) is 13.3. The molecule has 0 spiro atoms. The normalized spacial score (nSPS) is 13.0. The van der Waals surface area contributed by atoms with Crippen molar-refractivity contribution in [1.29, 1.82) is 0 Å². The molecule has 8 nitrogen and oxygen atoms in total. The summed E-state index contributed by atoms with van der Waals surface area (Å²) in [4.78, 5) is 27.8. The topological polar surface area (TPSA) is 96.0 Å². The first-order chi connectivity index (χ1) is 16.0. The lowest BCUT2D eigenvalue weighted by atomic mass is 10.1. The molecule has 0 heterocycles. The van der Waals surface area contributed by atoms with Gasteiger partial charge in [-0.15, -0.1) is 0 Å². The first-order valence-electron chi connectivity index (χ1n) is 11.2. The highest BCUT2D eigenvalue weighted by Gasteiger charge is 2.30. The molecule has 0 aliphatic heterocycles. The molecule has 34 heavy (non-hydrogen) atoms. The molecule has 0 aromatic heterocycles. The fourth-order valence-corrected chi connectivity index (χ4v) is 4.32. The molecule has 0 unspecified atom stereocenters. The predicted octanol–water partition coefficient (Wildman–Crippen LogP) is 3.10. The summed E-state index contributed by atoms with van der Waals surface area (Å²) in [5, 5.41) is 2.91. The van der Waals surface area contributed by atoms with E-state index in [-0.39, 0.29) is 18.5 Å². The summed E-state index contributed by atoms with van der Waals surface area (Å²) in [5.74, 6) is -0.0960. The minimum Gasteiger partial charge on any atom is -0.497 e. The van der Waals surface area contributed by atoms with Crippen molar-refractivity contribution < 1.29 is 22.7 Å². The van der Waals surface area contributed by atoms with Gasteiger partial charge in [0.1, 0.15) is 18.3 Å². The summed E-state index contributed by atoms with van der Waals surface area (Å²) >= 11 is 0. The second-order valence-corrected chi connectivity index (χ2v) is 10.3. The van der Waals surface area contributed by atoms with Crippen molar-refractivity contribution in [3.8, 4) is 5.75 Å². The van der Waals surface area contributed by atoms with Gasteiger partial charge >= 0.3 is 0 Å². The summed E-state index contributed by atoms with van der Waals surface area (Å²) in [6.07, 6.45) is 1.82. The van der Waals surface area contributed by atoms with Crippen LogP contribution < -0.4 is 14.4 Å². The van der Waals surface area contributed by atoms with Crippen LogP contribution in [0.4, 0.5) is 5.69 Å². The third-order valence-electron chi connectivity index (χ3n) is 5.74. The van der Waals surface area contributed by atoms with Crippen LogP contribution in [0.1, 0.15) is 38.3 Å². The van der Waals surface area contributed by atoms with Crippen LogP contribution in [0.15, 0.2) is 48.5 Å². The molecule has 9 heteroatoms. The van der Waals surface area contributed by atoms with Crippen molar-refractivity contribution in [2.45, 2.75) is 52.7 Å². The number of methoxy groups -OCH3 is 1. The van der Waals surface area contributed by atoms with Crippen molar-refractivity contribution in [3.05, 3.63) is 59.7 Å². The van der Waals surface area contributed by atoms with E-state index in [1.807, 2.05) is 26.0 Å². The zero-order valence-corrected chi connectivity index (χ0v) is 21.6. The number of hydrogen-bond donors (Lipinski definition) is 1. The summed E-state index contributed by atoms with van der Waals surface area (Å²) in [7, 11) is -2.18. The van der Waals surface area contributed by atoms with Gasteiger partial charge in [-0.2, -0.15) is 0 Å². The molecule has 2 amide bonds. The van der Waals surface area contributed by atoms with E-state index in [2.05, 4.69) is 5.32 Å². The van der Waals surface area contributed by atoms with Gasteiger partial charge in [0.25, 0.3) is 0 Å². The van der Waals surface area contributed by atoms with Crippen LogP contribution >= 0.6 is 0 Å². The highest BCUT2D eigenvalue weighted by atomic mass is 32.2. The maximum absolute atomic E-state index is 13.5. The molecular weight excluding hydrogens is 454 g/mol. The van der Waals surface area contributed by atoms with Gasteiger partial charge in [-0.1, -0.05) is 37.3 Å². The number of carbonyl (C=O) groups is 2. The second-order valence-electron chi connectivity index (χ2n) is 8.42. The van der Waals surface area contributed by atoms with Crippen molar-refractivity contribution in [2.24, 2.45) is 0 Å². The lowest BCUT2D eigenvalue weighted by Crippen LogP contribution is -2.52. The van der Waals surface area contributed by atoms with E-state index >= 15 is 0 Å². The third kappa shape index (κ3) is 7.21. The Balaban J connectivity index is 2.39. The number of nitrogens with zero attached hydrogens (tertiary/aromatic N) is 2. The third-order valence-corrected chi connectivity index (χ3v) is 6.87. The number of nitrogens with one attached hydrogen (secondary N) is 1. The molecule has 1 N–H and O–H groups in total. The van der Waals surface area contributed by atoms with Crippen molar-refractivity contribution in [1.82, 2.24) is 10.2 Å². The fraction of sp³-hybridized carbons (Fsp3) is 0.440. The smallest absolute Gasteiger partial charge is 0.244 e. The van der Waals surface area contributed by atoms with Gasteiger partial charge < -0.3 is 15.0 Å². The molecule has 186 valence electrons. The molecule has 0 radical (unpaired) electrons. The van der Waals surface area contributed by atoms with Crippen LogP contribution in [-0.2, 0) is 26.2 Å². The Morgan fingerprint density at radius 2 is 1.68 bits per heavy atom. The van der Waals surface area contributed by atoms with Crippen LogP contribution in [0.5, 0.6) is 5.75 Å². The van der Waals surface area contributed by atoms with E-state index in [1.54, 1.807) is 57.4 Å². The average molecular weight is 490 g/mol. The molecule has 0 aliphatic rings. The van der Waals surface area contributed by atoms with Crippen LogP contribution in [0.2, 0.25) is 0 Å². The fourth-order valence-electron chi connectivity index (χ4n) is 3.41. The summed E-state index contributed by atoms with van der Waals surface area (Å²) in [5.41, 5.74) is 1.95. The molecule has 0 saturated carbocycles. The number of benzene rings is 2. The van der Waals surface area contributed by atoms with Crippen LogP contribution in [0, 0.1) is 6.92 Å². The van der Waals surface area contributed by atoms with Crippen molar-refractivity contribution in [2.75, 3.05) is 24.2 Å². The first-order valence-corrected chi connectivity index (χ1v) is 13.1. The van der Waals surface area contributed by atoms with Gasteiger partial charge in [-0.05, 0) is 56.5 Å². The number of anilines is 1. The van der Waals surface area contributed by atoms with Gasteiger partial charge in [0, 0.05) is 12.6 Å². The Hall–Kier alpha value is -3.07. The number of sulfonamides is 1. The summed E-state index contributed by atoms with van der Waals surface area (Å²) < 4.78 is 31.5. The van der Waals surface area contributed by atoms with E-state index in [0.29, 0.717) is 11.4 Å². The molecule has 2 atom stereocenters. The maximum Gasteiger partial charge on any atom is 0.244 e. The van der Waals surface area contributed by atoms with E-state index in [0.717, 1.165) is 28.1 Å². The highest BCUT2D eigenvalue weighted by Crippen LogP contribution is 2.23. The van der Waals surface area contributed by atoms with Gasteiger partial charge in [0.15, 0.2) is 0 Å². The number of para-hydroxylation sites is 1. The van der Waals surface area contributed by atoms with E-state index in [1.165, 1.54) is 4.90 Å². The average Bonchev–Trinajstić information content (AvgIpc) is 2.80. The maximum atomic E-state index is 13.5. The van der Waals surface area contributed by atoms with Gasteiger partial charge in [0.05, 0.1) is 19.1 Å². The number of hydrogen-bond acceptors (Lipinski definition) is 5. The zero-order chi connectivity index (χ0) is 25.5. The van der Waals surface area contributed by atoms with E-state index in [4.69, 9.17) is 4.74 Å². The Bertz CT molecular complexity index is 1090. The van der Waals surface area contributed by atoms with Gasteiger partial charge in [-0.25, -0.2) is 8.42 Å². The monoisotopic (exact) mass is 489 g/mol. The van der Waals surface area contributed by atoms with Gasteiger partial charge in [-0.3, -0.25) is 13.9 Å². The predicted molar refractivity (Wildman–Crippen MR) is 134 cm³/mol. The number of ether oxygens (including phenoxy) is 1. The minimum atomic E-state index is -3.75. The minimum absolute atomic E-state index is 0.0487. The largest absolute Gasteiger partial charge is 0.497 e. The van der Waals surface area contributed by atoms with Crippen LogP contribution in [0.3, 0.4) is 0 Å². The van der Waals surface area contributed by atoms with Crippen molar-refractivity contribution >= 4 is 27.5 Å². The molecule has 0 bridgehead atoms. The van der Waals surface area contributed by atoms with Crippen LogP contribution in [0.25, 0.3) is 0 Å². The standard InChI is InChI=1S/C25H35N3O5S/c1-7-19(3)26-25(30)20(4)27(16-21-12-14-22(33-5)15-13-21)24(29)17-28(34(6,31)32)23-11-9-8-10-18(23)2/h8-15,19-20H,7,16-17H2,1-6H3,(H,26,30)/t19-,20-/m0/s1. The van der Waals surface area contributed by atoms with Crippen molar-refractivity contribution in [3.63, 3.8) is 0 Å². The second kappa shape index (κ2) is 11.9. The Morgan fingerprint density at radius 3 is 2.21 bits per heavy atom. The highest BCUT2D eigenvalue weighted by molar-refractivity contribution is 7.92. The summed E-state index contributed by atoms with van der Waals surface area (Å²) in [6.45, 7) is 7.02. The first kappa shape index (κ1) is 27.2. The number of amides is 2. The molecular formula is C25H35N3O5S. The Labute approximate surface area is 202 Å². The molecule has 2 rings (SSSR count). The zero-order valence-electron chi connectivity index (χ0n) is 20.7. The van der Waals surface area contributed by atoms with E-state index in [9.17, 15) is 18.0 Å². The quantitative estimate of drug-likeness (QED) is 0.523. The number of aryl methyl sites for hydroxylation is 1. The lowest BCUT2D eigenvalue weighted by Gasteiger charge is -2.32. The van der Waals surface area contributed by atoms with Crippen LogP contribution in [-0.4, -0.2) is 57.1 Å². The number of carbonyl (C=O) groups excluding carboxylic acids is 2. The molecule has 0 aliphatic carbocycles.